The molecule has 2 aromatic carbocycles. The number of hydrogen-bond acceptors (Lipinski definition) is 3. The number of benzene rings is 2. The number of fused-ring (bicyclic) bond motifs is 1. The van der Waals surface area contributed by atoms with Gasteiger partial charge >= 0.3 is 0 Å². The monoisotopic (exact) mass is 396 g/mol. The van der Waals surface area contributed by atoms with Gasteiger partial charge in [-0.2, -0.15) is 0 Å². The summed E-state index contributed by atoms with van der Waals surface area (Å²) in [6.07, 6.45) is 0.881. The van der Waals surface area contributed by atoms with E-state index < -0.39 is 0 Å². The minimum Gasteiger partial charge on any atom is -0.335 e. The Balaban J connectivity index is 1.44. The highest BCUT2D eigenvalue weighted by Gasteiger charge is 2.35. The summed E-state index contributed by atoms with van der Waals surface area (Å²) in [5.41, 5.74) is 2.44. The fraction of sp³-hybridized carbons (Fsp3) is 0.318. The van der Waals surface area contributed by atoms with Gasteiger partial charge in [-0.05, 0) is 29.7 Å². The molecule has 1 aliphatic heterocycles. The lowest BCUT2D eigenvalue weighted by molar-refractivity contribution is -0.146. The first kappa shape index (κ1) is 18.7. The number of rotatable bonds is 3. The van der Waals surface area contributed by atoms with E-state index in [1.165, 1.54) is 0 Å². The Morgan fingerprint density at radius 2 is 1.79 bits per heavy atom. The van der Waals surface area contributed by atoms with Crippen LogP contribution in [0.5, 0.6) is 0 Å². The zero-order valence-electron chi connectivity index (χ0n) is 15.4. The quantitative estimate of drug-likeness (QED) is 0.800. The Kier molecular flexibility index (Phi) is 5.18. The van der Waals surface area contributed by atoms with Crippen molar-refractivity contribution >= 4 is 29.2 Å². The SMILES string of the molecule is O=C1CC[C@@H](C(=O)N2CCN(Cc3ccc(Cl)cc3)C(=O)C2)c2ccccc21. The molecule has 6 heteroatoms. The molecule has 2 aliphatic rings. The Bertz CT molecular complexity index is 926. The van der Waals surface area contributed by atoms with Gasteiger partial charge in [0.1, 0.15) is 0 Å². The maximum absolute atomic E-state index is 13.1. The predicted molar refractivity (Wildman–Crippen MR) is 106 cm³/mol. The van der Waals surface area contributed by atoms with Crippen molar-refractivity contribution in [1.82, 2.24) is 9.80 Å². The lowest BCUT2D eigenvalue weighted by atomic mass is 9.81. The molecule has 1 aliphatic carbocycles. The minimum absolute atomic E-state index is 0.0561. The molecule has 4 rings (SSSR count). The summed E-state index contributed by atoms with van der Waals surface area (Å²) in [6.45, 7) is 1.60. The summed E-state index contributed by atoms with van der Waals surface area (Å²) in [7, 11) is 0. The van der Waals surface area contributed by atoms with Crippen LogP contribution in [0.1, 0.15) is 40.2 Å². The van der Waals surface area contributed by atoms with Crippen LogP contribution < -0.4 is 0 Å². The molecule has 5 nitrogen and oxygen atoms in total. The highest BCUT2D eigenvalue weighted by atomic mass is 35.5. The molecule has 144 valence electrons. The molecule has 0 spiro atoms. The van der Waals surface area contributed by atoms with E-state index in [0.717, 1.165) is 11.1 Å². The Hall–Kier alpha value is -2.66. The molecular formula is C22H21ClN2O3. The second-order valence-electron chi connectivity index (χ2n) is 7.30. The van der Waals surface area contributed by atoms with Crippen LogP contribution in [0.4, 0.5) is 0 Å². The number of Topliss-reactive ketones (excluding diaryl/α,β-unsaturated/α-hetero) is 1. The fourth-order valence-electron chi connectivity index (χ4n) is 3.97. The van der Waals surface area contributed by atoms with Gasteiger partial charge in [0.05, 0.1) is 12.5 Å². The Morgan fingerprint density at radius 3 is 2.54 bits per heavy atom. The van der Waals surface area contributed by atoms with Crippen molar-refractivity contribution < 1.29 is 14.4 Å². The number of ketones is 1. The van der Waals surface area contributed by atoms with Crippen molar-refractivity contribution in [3.8, 4) is 0 Å². The molecule has 2 amide bonds. The highest BCUT2D eigenvalue weighted by Crippen LogP contribution is 2.33. The largest absolute Gasteiger partial charge is 0.335 e. The summed E-state index contributed by atoms with van der Waals surface area (Å²) in [5, 5.41) is 0.664. The van der Waals surface area contributed by atoms with E-state index in [9.17, 15) is 14.4 Å². The Labute approximate surface area is 168 Å². The van der Waals surface area contributed by atoms with E-state index in [-0.39, 0.29) is 30.1 Å². The second kappa shape index (κ2) is 7.76. The van der Waals surface area contributed by atoms with E-state index in [1.54, 1.807) is 15.9 Å². The second-order valence-corrected chi connectivity index (χ2v) is 7.74. The molecule has 1 heterocycles. The first-order chi connectivity index (χ1) is 13.5. The van der Waals surface area contributed by atoms with Crippen molar-refractivity contribution in [2.24, 2.45) is 0 Å². The first-order valence-electron chi connectivity index (χ1n) is 9.46. The van der Waals surface area contributed by atoms with Crippen LogP contribution in [0.15, 0.2) is 48.5 Å². The number of amides is 2. The summed E-state index contributed by atoms with van der Waals surface area (Å²) < 4.78 is 0. The van der Waals surface area contributed by atoms with E-state index in [0.29, 0.717) is 43.1 Å². The molecule has 0 N–H and O–H groups in total. The molecule has 0 unspecified atom stereocenters. The van der Waals surface area contributed by atoms with Crippen molar-refractivity contribution in [3.63, 3.8) is 0 Å². The number of nitrogens with zero attached hydrogens (tertiary/aromatic N) is 2. The molecule has 0 saturated carbocycles. The number of carbonyl (C=O) groups excluding carboxylic acids is 3. The van der Waals surface area contributed by atoms with Gasteiger partial charge in [0.2, 0.25) is 11.8 Å². The maximum Gasteiger partial charge on any atom is 0.242 e. The third-order valence-electron chi connectivity index (χ3n) is 5.51. The third kappa shape index (κ3) is 3.67. The highest BCUT2D eigenvalue weighted by molar-refractivity contribution is 6.30. The van der Waals surface area contributed by atoms with Gasteiger partial charge in [-0.3, -0.25) is 14.4 Å². The first-order valence-corrected chi connectivity index (χ1v) is 9.84. The zero-order valence-corrected chi connectivity index (χ0v) is 16.2. The third-order valence-corrected chi connectivity index (χ3v) is 5.76. The average molecular weight is 397 g/mol. The number of halogens is 1. The van der Waals surface area contributed by atoms with Crippen LogP contribution in [-0.4, -0.2) is 47.0 Å². The number of carbonyl (C=O) groups is 3. The van der Waals surface area contributed by atoms with Gasteiger partial charge < -0.3 is 9.80 Å². The van der Waals surface area contributed by atoms with Crippen LogP contribution in [-0.2, 0) is 16.1 Å². The van der Waals surface area contributed by atoms with Crippen LogP contribution in [0.2, 0.25) is 5.02 Å². The minimum atomic E-state index is -0.343. The summed E-state index contributed by atoms with van der Waals surface area (Å²) in [6, 6.07) is 14.7. The standard InChI is InChI=1S/C22H21ClN2O3/c23-16-7-5-15(6-8-16)13-24-11-12-25(14-21(24)27)22(28)19-9-10-20(26)18-4-2-1-3-17(18)19/h1-8,19H,9-14H2/t19-/m1/s1. The van der Waals surface area contributed by atoms with Gasteiger partial charge in [0.15, 0.2) is 5.78 Å². The lowest BCUT2D eigenvalue weighted by Crippen LogP contribution is -2.53. The predicted octanol–water partition coefficient (Wildman–Crippen LogP) is 3.27. The lowest BCUT2D eigenvalue weighted by Gasteiger charge is -2.37. The molecule has 0 bridgehead atoms. The molecule has 0 aromatic heterocycles. The van der Waals surface area contributed by atoms with Crippen molar-refractivity contribution in [1.29, 1.82) is 0 Å². The molecule has 1 fully saturated rings. The van der Waals surface area contributed by atoms with E-state index in [4.69, 9.17) is 11.6 Å². The molecule has 28 heavy (non-hydrogen) atoms. The van der Waals surface area contributed by atoms with Crippen LogP contribution >= 0.6 is 11.6 Å². The van der Waals surface area contributed by atoms with Gasteiger partial charge in [-0.25, -0.2) is 0 Å². The van der Waals surface area contributed by atoms with Crippen molar-refractivity contribution in [3.05, 3.63) is 70.2 Å². The van der Waals surface area contributed by atoms with Crippen LogP contribution in [0, 0.1) is 0 Å². The van der Waals surface area contributed by atoms with Gasteiger partial charge in [0, 0.05) is 36.6 Å². The van der Waals surface area contributed by atoms with Crippen molar-refractivity contribution in [2.45, 2.75) is 25.3 Å². The topological polar surface area (TPSA) is 57.7 Å². The molecule has 1 atom stereocenters. The molecule has 0 radical (unpaired) electrons. The van der Waals surface area contributed by atoms with E-state index >= 15 is 0 Å². The fourth-order valence-corrected chi connectivity index (χ4v) is 4.10. The van der Waals surface area contributed by atoms with Crippen molar-refractivity contribution in [2.75, 3.05) is 19.6 Å². The summed E-state index contributed by atoms with van der Waals surface area (Å²) in [4.78, 5) is 41.2. The summed E-state index contributed by atoms with van der Waals surface area (Å²) in [5.74, 6) is -0.373. The van der Waals surface area contributed by atoms with Gasteiger partial charge in [-0.1, -0.05) is 48.0 Å². The van der Waals surface area contributed by atoms with Gasteiger partial charge in [0.25, 0.3) is 0 Å². The number of piperazine rings is 1. The molecule has 2 aromatic rings. The molecular weight excluding hydrogens is 376 g/mol. The van der Waals surface area contributed by atoms with E-state index in [1.807, 2.05) is 42.5 Å². The van der Waals surface area contributed by atoms with Crippen LogP contribution in [0.25, 0.3) is 0 Å². The van der Waals surface area contributed by atoms with E-state index in [2.05, 4.69) is 0 Å². The number of hydrogen-bond donors (Lipinski definition) is 0. The zero-order chi connectivity index (χ0) is 19.7. The average Bonchev–Trinajstić information content (AvgIpc) is 2.71. The normalized spacial score (nSPS) is 19.5. The summed E-state index contributed by atoms with van der Waals surface area (Å²) >= 11 is 5.91. The van der Waals surface area contributed by atoms with Gasteiger partial charge in [-0.15, -0.1) is 0 Å². The smallest absolute Gasteiger partial charge is 0.242 e. The Morgan fingerprint density at radius 1 is 1.04 bits per heavy atom. The van der Waals surface area contributed by atoms with Crippen LogP contribution in [0.3, 0.4) is 0 Å². The molecule has 1 saturated heterocycles. The maximum atomic E-state index is 13.1.